The highest BCUT2D eigenvalue weighted by Crippen LogP contribution is 2.30. The number of nitrogens with zero attached hydrogens (tertiary/aromatic N) is 3. The molecule has 0 aliphatic rings. The van der Waals surface area contributed by atoms with Gasteiger partial charge in [0.2, 0.25) is 10.6 Å². The highest BCUT2D eigenvalue weighted by atomic mass is 35.5. The summed E-state index contributed by atoms with van der Waals surface area (Å²) in [6, 6.07) is 17.3. The molecule has 0 fully saturated rings. The van der Waals surface area contributed by atoms with Crippen molar-refractivity contribution in [1.82, 2.24) is 4.98 Å². The summed E-state index contributed by atoms with van der Waals surface area (Å²) in [5.74, 6) is -0.904. The number of halogens is 2. The number of hydrogen-bond donors (Lipinski definition) is 0. The molecule has 0 spiro atoms. The number of fused-ring (bicyclic) bond motifs is 2. The van der Waals surface area contributed by atoms with Crippen molar-refractivity contribution in [2.45, 2.75) is 0 Å². The molecule has 3 aromatic carbocycles. The lowest BCUT2D eigenvalue weighted by Crippen LogP contribution is -2.26. The van der Waals surface area contributed by atoms with E-state index in [9.17, 15) is 14.0 Å². The molecule has 2 aromatic heterocycles. The first-order chi connectivity index (χ1) is 16.0. The molecular weight excluding hydrogens is 465 g/mol. The summed E-state index contributed by atoms with van der Waals surface area (Å²) >= 11 is 7.04. The second-order valence-corrected chi connectivity index (χ2v) is 8.44. The van der Waals surface area contributed by atoms with E-state index in [1.54, 1.807) is 48.5 Å². The van der Waals surface area contributed by atoms with Gasteiger partial charge in [-0.05, 0) is 54.6 Å². The summed E-state index contributed by atoms with van der Waals surface area (Å²) < 4.78 is 19.7. The molecule has 0 saturated heterocycles. The lowest BCUT2D eigenvalue weighted by Gasteiger charge is -2.13. The quantitative estimate of drug-likeness (QED) is 0.239. The average molecular weight is 478 g/mol. The van der Waals surface area contributed by atoms with Crippen molar-refractivity contribution in [2.24, 2.45) is 5.10 Å². The zero-order valence-electron chi connectivity index (χ0n) is 16.7. The summed E-state index contributed by atoms with van der Waals surface area (Å²) in [6.45, 7) is 0. The molecular formula is C24H13ClFN3O3S. The van der Waals surface area contributed by atoms with E-state index in [1.165, 1.54) is 30.7 Å². The molecule has 0 radical (unpaired) electrons. The van der Waals surface area contributed by atoms with Crippen LogP contribution < -0.4 is 10.4 Å². The Labute approximate surface area is 195 Å². The van der Waals surface area contributed by atoms with E-state index in [0.717, 1.165) is 16.3 Å². The average Bonchev–Trinajstić information content (AvgIpc) is 3.24. The molecule has 0 atom stereocenters. The van der Waals surface area contributed by atoms with Gasteiger partial charge < -0.3 is 4.42 Å². The molecule has 5 aromatic rings. The van der Waals surface area contributed by atoms with Crippen molar-refractivity contribution in [3.63, 3.8) is 0 Å². The van der Waals surface area contributed by atoms with Gasteiger partial charge in [0.15, 0.2) is 0 Å². The number of para-hydroxylation sites is 1. The number of amides is 1. The summed E-state index contributed by atoms with van der Waals surface area (Å²) in [5.41, 5.74) is 1.15. The van der Waals surface area contributed by atoms with E-state index < -0.39 is 11.7 Å². The van der Waals surface area contributed by atoms with Crippen LogP contribution in [-0.2, 0) is 0 Å². The number of carbonyl (C=O) groups is 1. The van der Waals surface area contributed by atoms with E-state index in [-0.39, 0.29) is 16.1 Å². The fraction of sp³-hybridized carbons (Fsp3) is 0. The van der Waals surface area contributed by atoms with Crippen LogP contribution in [0.15, 0.2) is 87.3 Å². The van der Waals surface area contributed by atoms with Crippen LogP contribution in [0.3, 0.4) is 0 Å². The molecule has 1 amide bonds. The number of hydrazone groups is 1. The highest BCUT2D eigenvalue weighted by Gasteiger charge is 2.21. The Morgan fingerprint density at radius 2 is 1.91 bits per heavy atom. The predicted molar refractivity (Wildman–Crippen MR) is 128 cm³/mol. The topological polar surface area (TPSA) is 75.8 Å². The van der Waals surface area contributed by atoms with E-state index in [4.69, 9.17) is 16.0 Å². The van der Waals surface area contributed by atoms with Crippen molar-refractivity contribution < 1.29 is 13.6 Å². The minimum Gasteiger partial charge on any atom is -0.463 e. The fourth-order valence-corrected chi connectivity index (χ4v) is 4.26. The van der Waals surface area contributed by atoms with Gasteiger partial charge in [-0.2, -0.15) is 10.1 Å². The Morgan fingerprint density at radius 3 is 2.73 bits per heavy atom. The molecule has 5 rings (SSSR count). The third-order valence-corrected chi connectivity index (χ3v) is 6.07. The molecule has 2 heterocycles. The normalized spacial score (nSPS) is 11.5. The van der Waals surface area contributed by atoms with E-state index in [0.29, 0.717) is 31.8 Å². The second kappa shape index (κ2) is 8.57. The summed E-state index contributed by atoms with van der Waals surface area (Å²) in [4.78, 5) is 30.5. The Hall–Kier alpha value is -3.88. The SMILES string of the molecule is O=C(c1ccc(Cl)cc1)N(/N=C/c1coc2ccccc2c1=O)c1nc2ccc(F)cc2s1. The van der Waals surface area contributed by atoms with Crippen LogP contribution in [0, 0.1) is 5.82 Å². The van der Waals surface area contributed by atoms with Crippen LogP contribution in [0.25, 0.3) is 21.2 Å². The number of aromatic nitrogens is 1. The molecule has 162 valence electrons. The Balaban J connectivity index is 1.60. The van der Waals surface area contributed by atoms with Crippen LogP contribution >= 0.6 is 22.9 Å². The van der Waals surface area contributed by atoms with Crippen LogP contribution in [0.5, 0.6) is 0 Å². The Kier molecular flexibility index (Phi) is 5.45. The smallest absolute Gasteiger partial charge is 0.280 e. The third kappa shape index (κ3) is 4.13. The van der Waals surface area contributed by atoms with E-state index in [2.05, 4.69) is 10.1 Å². The molecule has 6 nitrogen and oxygen atoms in total. The molecule has 9 heteroatoms. The Bertz CT molecular complexity index is 1590. The van der Waals surface area contributed by atoms with Crippen LogP contribution in [-0.4, -0.2) is 17.1 Å². The van der Waals surface area contributed by atoms with Crippen LogP contribution in [0.1, 0.15) is 15.9 Å². The number of hydrogen-bond acceptors (Lipinski definition) is 6. The van der Waals surface area contributed by atoms with Crippen molar-refractivity contribution in [3.8, 4) is 0 Å². The fourth-order valence-electron chi connectivity index (χ4n) is 3.18. The molecule has 0 unspecified atom stereocenters. The highest BCUT2D eigenvalue weighted by molar-refractivity contribution is 7.22. The van der Waals surface area contributed by atoms with Gasteiger partial charge in [0.1, 0.15) is 17.7 Å². The lowest BCUT2D eigenvalue weighted by atomic mass is 10.2. The number of anilines is 1. The maximum Gasteiger partial charge on any atom is 0.280 e. The molecule has 0 N–H and O–H groups in total. The standard InChI is InChI=1S/C24H13ClFN3O3S/c25-16-7-5-14(6-8-16)23(31)29(24-28-19-10-9-17(26)11-21(19)33-24)27-12-15-13-32-20-4-2-1-3-18(20)22(15)30/h1-13H/b27-12+. The molecule has 0 aliphatic heterocycles. The van der Waals surface area contributed by atoms with Crippen molar-refractivity contribution >= 4 is 61.4 Å². The first kappa shape index (κ1) is 21.0. The van der Waals surface area contributed by atoms with Gasteiger partial charge in [0.25, 0.3) is 5.91 Å². The van der Waals surface area contributed by atoms with Gasteiger partial charge >= 0.3 is 0 Å². The van der Waals surface area contributed by atoms with Gasteiger partial charge in [-0.3, -0.25) is 9.59 Å². The summed E-state index contributed by atoms with van der Waals surface area (Å²) in [7, 11) is 0. The van der Waals surface area contributed by atoms with Gasteiger partial charge in [0, 0.05) is 10.6 Å². The first-order valence-electron chi connectivity index (χ1n) is 9.70. The Morgan fingerprint density at radius 1 is 1.12 bits per heavy atom. The number of thiazole rings is 1. The minimum atomic E-state index is -0.493. The maximum atomic E-state index is 13.7. The van der Waals surface area contributed by atoms with Crippen molar-refractivity contribution in [1.29, 1.82) is 0 Å². The molecule has 0 bridgehead atoms. The first-order valence-corrected chi connectivity index (χ1v) is 10.9. The summed E-state index contributed by atoms with van der Waals surface area (Å²) in [5, 5.41) is 6.43. The number of rotatable bonds is 4. The van der Waals surface area contributed by atoms with Gasteiger partial charge in [-0.1, -0.05) is 35.1 Å². The van der Waals surface area contributed by atoms with Crippen molar-refractivity contribution in [2.75, 3.05) is 5.01 Å². The summed E-state index contributed by atoms with van der Waals surface area (Å²) in [6.07, 6.45) is 2.53. The van der Waals surface area contributed by atoms with Crippen molar-refractivity contribution in [3.05, 3.63) is 105 Å². The zero-order valence-corrected chi connectivity index (χ0v) is 18.3. The maximum absolute atomic E-state index is 13.7. The van der Waals surface area contributed by atoms with Gasteiger partial charge in [-0.15, -0.1) is 0 Å². The van der Waals surface area contributed by atoms with Crippen LogP contribution in [0.2, 0.25) is 5.02 Å². The third-order valence-electron chi connectivity index (χ3n) is 4.82. The zero-order chi connectivity index (χ0) is 22.9. The van der Waals surface area contributed by atoms with Gasteiger partial charge in [0.05, 0.1) is 27.4 Å². The predicted octanol–water partition coefficient (Wildman–Crippen LogP) is 5.88. The minimum absolute atomic E-state index is 0.162. The molecule has 0 aliphatic carbocycles. The molecule has 33 heavy (non-hydrogen) atoms. The monoisotopic (exact) mass is 477 g/mol. The largest absolute Gasteiger partial charge is 0.463 e. The second-order valence-electron chi connectivity index (χ2n) is 6.99. The number of carbonyl (C=O) groups excluding carboxylic acids is 1. The van der Waals surface area contributed by atoms with Crippen LogP contribution in [0.4, 0.5) is 9.52 Å². The number of benzene rings is 3. The van der Waals surface area contributed by atoms with E-state index in [1.807, 2.05) is 0 Å². The van der Waals surface area contributed by atoms with Gasteiger partial charge in [-0.25, -0.2) is 9.37 Å². The lowest BCUT2D eigenvalue weighted by molar-refractivity contribution is 0.0988. The van der Waals surface area contributed by atoms with E-state index >= 15 is 0 Å². The molecule has 0 saturated carbocycles.